The lowest BCUT2D eigenvalue weighted by Gasteiger charge is -2.35. The lowest BCUT2D eigenvalue weighted by atomic mass is 9.89. The summed E-state index contributed by atoms with van der Waals surface area (Å²) < 4.78 is 27.7. The van der Waals surface area contributed by atoms with Crippen molar-refractivity contribution in [2.24, 2.45) is 4.99 Å². The van der Waals surface area contributed by atoms with E-state index >= 15 is 0 Å². The molecule has 13 heteroatoms. The molecule has 3 atom stereocenters. The Bertz CT molecular complexity index is 1580. The topological polar surface area (TPSA) is 128 Å². The molecule has 6 rings (SSSR count). The smallest absolute Gasteiger partial charge is 0.319 e. The minimum atomic E-state index is -1.19. The van der Waals surface area contributed by atoms with Crippen LogP contribution in [0.1, 0.15) is 55.4 Å². The van der Waals surface area contributed by atoms with E-state index in [2.05, 4.69) is 25.6 Å². The monoisotopic (exact) mass is 618 g/mol. The molecular formula is C32H36F2N8O3. The van der Waals surface area contributed by atoms with E-state index in [-0.39, 0.29) is 12.0 Å². The second-order valence-electron chi connectivity index (χ2n) is 11.5. The van der Waals surface area contributed by atoms with E-state index in [1.165, 1.54) is 6.20 Å². The molecule has 11 nitrogen and oxygen atoms in total. The lowest BCUT2D eigenvalue weighted by Crippen LogP contribution is -2.51. The summed E-state index contributed by atoms with van der Waals surface area (Å²) in [6.45, 7) is 6.40. The molecule has 1 aromatic carbocycles. The molecular weight excluding hydrogens is 582 g/mol. The standard InChI is InChI=1S/C32H36F2N8O3/c1-3-11-42-18-26(29(45-42)21-12-25(33)30(34)36-13-21)39-32(44)40-28-19(2)27(35-10-9-24(28)20-7-5-4-6-8-20)22-14-37-31(38-15-22)41-16-23(43)17-41/h4-8,12-15,23-24,26,29,43H,3,9-11,16-18H2,1-2H3,(H2,39,40,44)/t24?,26-,29+/m1/s1. The van der Waals surface area contributed by atoms with Crippen molar-refractivity contribution in [1.82, 2.24) is 30.6 Å². The molecule has 2 saturated heterocycles. The van der Waals surface area contributed by atoms with Gasteiger partial charge < -0.3 is 20.6 Å². The number of carbonyl (C=O) groups excluding carboxylic acids is 1. The number of pyridine rings is 1. The van der Waals surface area contributed by atoms with E-state index in [1.54, 1.807) is 17.5 Å². The van der Waals surface area contributed by atoms with E-state index in [4.69, 9.17) is 9.83 Å². The molecule has 0 aliphatic carbocycles. The molecule has 5 heterocycles. The number of allylic oxidation sites excluding steroid dienone is 2. The summed E-state index contributed by atoms with van der Waals surface area (Å²) in [6.07, 6.45) is 5.01. The maximum atomic E-state index is 14.1. The van der Waals surface area contributed by atoms with E-state index in [9.17, 15) is 18.7 Å². The molecule has 3 N–H and O–H groups in total. The molecule has 0 spiro atoms. The van der Waals surface area contributed by atoms with Crippen LogP contribution in [0.4, 0.5) is 19.5 Å². The Hall–Kier alpha value is -4.33. The van der Waals surface area contributed by atoms with Crippen molar-refractivity contribution in [3.8, 4) is 0 Å². The fourth-order valence-corrected chi connectivity index (χ4v) is 6.01. The van der Waals surface area contributed by atoms with E-state index in [0.29, 0.717) is 62.1 Å². The summed E-state index contributed by atoms with van der Waals surface area (Å²) in [4.78, 5) is 39.1. The summed E-state index contributed by atoms with van der Waals surface area (Å²) in [5, 5.41) is 17.5. The van der Waals surface area contributed by atoms with Crippen molar-refractivity contribution in [3.05, 3.63) is 94.7 Å². The summed E-state index contributed by atoms with van der Waals surface area (Å²) in [5.41, 5.74) is 4.24. The van der Waals surface area contributed by atoms with Crippen LogP contribution in [-0.4, -0.2) is 81.7 Å². The molecule has 45 heavy (non-hydrogen) atoms. The molecule has 236 valence electrons. The minimum absolute atomic E-state index is 0.149. The highest BCUT2D eigenvalue weighted by Crippen LogP contribution is 2.33. The molecule has 3 aliphatic heterocycles. The Morgan fingerprint density at radius 1 is 1.07 bits per heavy atom. The van der Waals surface area contributed by atoms with Gasteiger partial charge >= 0.3 is 6.03 Å². The van der Waals surface area contributed by atoms with Crippen LogP contribution in [0.2, 0.25) is 0 Å². The Morgan fingerprint density at radius 2 is 1.82 bits per heavy atom. The third-order valence-corrected chi connectivity index (χ3v) is 8.27. The van der Waals surface area contributed by atoms with Crippen LogP contribution in [0, 0.1) is 11.8 Å². The molecule has 2 aromatic heterocycles. The van der Waals surface area contributed by atoms with Crippen molar-refractivity contribution in [2.75, 3.05) is 37.6 Å². The number of aliphatic imine (C=N–C) groups is 1. The SMILES string of the molecule is CCCN1C[C@@H](NC(=O)NC2=C(C)C(c3cnc(N4CC(O)C4)nc3)=NCCC2c2ccccc2)[C@H](c2cnc(F)c(F)c2)O1. The van der Waals surface area contributed by atoms with Gasteiger partial charge in [-0.1, -0.05) is 37.3 Å². The summed E-state index contributed by atoms with van der Waals surface area (Å²) in [5.74, 6) is -1.88. The Kier molecular flexibility index (Phi) is 9.10. The van der Waals surface area contributed by atoms with Crippen molar-refractivity contribution in [3.63, 3.8) is 0 Å². The van der Waals surface area contributed by atoms with Crippen molar-refractivity contribution < 1.29 is 23.5 Å². The van der Waals surface area contributed by atoms with Crippen LogP contribution in [0.15, 0.2) is 71.3 Å². The number of hydrogen-bond donors (Lipinski definition) is 3. The number of benzene rings is 1. The van der Waals surface area contributed by atoms with E-state index < -0.39 is 29.9 Å². The van der Waals surface area contributed by atoms with Crippen molar-refractivity contribution >= 4 is 17.7 Å². The highest BCUT2D eigenvalue weighted by molar-refractivity contribution is 6.13. The predicted octanol–water partition coefficient (Wildman–Crippen LogP) is 3.65. The number of halogens is 2. The second kappa shape index (κ2) is 13.3. The number of anilines is 1. The van der Waals surface area contributed by atoms with Gasteiger partial charge in [-0.15, -0.1) is 0 Å². The third-order valence-electron chi connectivity index (χ3n) is 8.27. The summed E-state index contributed by atoms with van der Waals surface area (Å²) >= 11 is 0. The average molecular weight is 619 g/mol. The zero-order valence-electron chi connectivity index (χ0n) is 25.2. The fourth-order valence-electron chi connectivity index (χ4n) is 6.01. The van der Waals surface area contributed by atoms with Gasteiger partial charge in [0.2, 0.25) is 11.9 Å². The highest BCUT2D eigenvalue weighted by Gasteiger charge is 2.37. The van der Waals surface area contributed by atoms with Gasteiger partial charge in [0.1, 0.15) is 6.10 Å². The van der Waals surface area contributed by atoms with Crippen LogP contribution >= 0.6 is 0 Å². The van der Waals surface area contributed by atoms with E-state index in [1.807, 2.05) is 49.1 Å². The zero-order valence-corrected chi connectivity index (χ0v) is 25.2. The van der Waals surface area contributed by atoms with Gasteiger partial charge in [-0.3, -0.25) is 9.83 Å². The number of aromatic nitrogens is 3. The number of carbonyl (C=O) groups is 1. The van der Waals surface area contributed by atoms with Gasteiger partial charge in [0, 0.05) is 74.1 Å². The molecule has 3 aliphatic rings. The van der Waals surface area contributed by atoms with Gasteiger partial charge in [0.15, 0.2) is 5.82 Å². The first kappa shape index (κ1) is 30.7. The van der Waals surface area contributed by atoms with Gasteiger partial charge in [-0.2, -0.15) is 9.45 Å². The number of urea groups is 1. The molecule has 3 aromatic rings. The van der Waals surface area contributed by atoms with E-state index in [0.717, 1.165) is 29.2 Å². The number of hydroxylamine groups is 2. The summed E-state index contributed by atoms with van der Waals surface area (Å²) in [7, 11) is 0. The maximum Gasteiger partial charge on any atom is 0.319 e. The number of aliphatic hydroxyl groups excluding tert-OH is 1. The summed E-state index contributed by atoms with van der Waals surface area (Å²) in [6, 6.07) is 9.98. The molecule has 0 saturated carbocycles. The number of β-amino-alcohol motifs (C(OH)–C–C–N with tert-alkyl or cyclic N) is 1. The first-order chi connectivity index (χ1) is 21.8. The third kappa shape index (κ3) is 6.70. The maximum absolute atomic E-state index is 14.1. The molecule has 0 radical (unpaired) electrons. The normalized spacial score (nSPS) is 22.6. The van der Waals surface area contributed by atoms with Crippen LogP contribution in [0.25, 0.3) is 0 Å². The molecule has 1 unspecified atom stereocenters. The second-order valence-corrected chi connectivity index (χ2v) is 11.5. The number of nitrogens with zero attached hydrogens (tertiary/aromatic N) is 6. The quantitative estimate of drug-likeness (QED) is 0.327. The average Bonchev–Trinajstić information content (AvgIpc) is 3.34. The van der Waals surface area contributed by atoms with Crippen molar-refractivity contribution in [2.45, 2.75) is 50.9 Å². The minimum Gasteiger partial charge on any atom is -0.389 e. The number of hydrogen-bond acceptors (Lipinski definition) is 9. The lowest BCUT2D eigenvalue weighted by molar-refractivity contribution is -0.148. The van der Waals surface area contributed by atoms with Gasteiger partial charge in [0.25, 0.3) is 0 Å². The Morgan fingerprint density at radius 3 is 2.51 bits per heavy atom. The number of nitrogens with one attached hydrogen (secondary N) is 2. The van der Waals surface area contributed by atoms with Gasteiger partial charge in [-0.25, -0.2) is 24.1 Å². The number of aliphatic hydroxyl groups is 1. The van der Waals surface area contributed by atoms with Crippen LogP contribution < -0.4 is 15.5 Å². The van der Waals surface area contributed by atoms with Gasteiger partial charge in [-0.05, 0) is 37.0 Å². The first-order valence-corrected chi connectivity index (χ1v) is 15.2. The highest BCUT2D eigenvalue weighted by atomic mass is 19.2. The predicted molar refractivity (Wildman–Crippen MR) is 163 cm³/mol. The zero-order chi connectivity index (χ0) is 31.5. The number of rotatable bonds is 8. The molecule has 0 bridgehead atoms. The first-order valence-electron chi connectivity index (χ1n) is 15.2. The van der Waals surface area contributed by atoms with Crippen LogP contribution in [-0.2, 0) is 4.84 Å². The Labute approximate surface area is 260 Å². The van der Waals surface area contributed by atoms with Crippen LogP contribution in [0.3, 0.4) is 0 Å². The van der Waals surface area contributed by atoms with Gasteiger partial charge in [0.05, 0.1) is 17.9 Å². The fraction of sp³-hybridized carbons (Fsp3) is 0.406. The Balaban J connectivity index is 1.27. The molecule has 2 fully saturated rings. The largest absolute Gasteiger partial charge is 0.389 e. The van der Waals surface area contributed by atoms with Crippen molar-refractivity contribution in [1.29, 1.82) is 0 Å². The van der Waals surface area contributed by atoms with Crippen LogP contribution in [0.5, 0.6) is 0 Å². The number of amides is 2. The molecule has 2 amide bonds.